The number of halogens is 1. The molecule has 1 unspecified atom stereocenters. The summed E-state index contributed by atoms with van der Waals surface area (Å²) in [4.78, 5) is 12.3. The molecule has 0 bridgehead atoms. The zero-order valence-corrected chi connectivity index (χ0v) is 13.7. The minimum atomic E-state index is -3.49. The van der Waals surface area contributed by atoms with Gasteiger partial charge in [0.1, 0.15) is 5.60 Å². The first-order chi connectivity index (χ1) is 10.3. The molecule has 1 aliphatic heterocycles. The Bertz CT molecular complexity index is 703. The van der Waals surface area contributed by atoms with Gasteiger partial charge in [0, 0.05) is 18.8 Å². The number of benzene rings is 1. The lowest BCUT2D eigenvalue weighted by Gasteiger charge is -2.22. The number of hydrogen-bond donors (Lipinski definition) is 0. The monoisotopic (exact) mass is 344 g/mol. The van der Waals surface area contributed by atoms with Crippen LogP contribution in [-0.2, 0) is 19.3 Å². The van der Waals surface area contributed by atoms with Crippen molar-refractivity contribution < 1.29 is 22.7 Å². The average molecular weight is 345 g/mol. The van der Waals surface area contributed by atoms with E-state index in [9.17, 15) is 13.2 Å². The molecular weight excluding hydrogens is 328 g/mol. The molecule has 1 aromatic carbocycles. The second-order valence-corrected chi connectivity index (χ2v) is 8.32. The van der Waals surface area contributed by atoms with Gasteiger partial charge in [-0.15, -0.1) is 0 Å². The maximum Gasteiger partial charge on any atom is 0.338 e. The Morgan fingerprint density at radius 1 is 1.41 bits per heavy atom. The topological polar surface area (TPSA) is 69.7 Å². The fraction of sp³-hybridized carbons (Fsp3) is 0.533. The molecule has 5 nitrogen and oxygen atoms in total. The zero-order valence-electron chi connectivity index (χ0n) is 12.2. The molecule has 22 heavy (non-hydrogen) atoms. The van der Waals surface area contributed by atoms with Crippen molar-refractivity contribution in [1.29, 1.82) is 0 Å². The molecule has 1 aromatic rings. The molecule has 0 spiro atoms. The Morgan fingerprint density at radius 2 is 2.14 bits per heavy atom. The van der Waals surface area contributed by atoms with Crippen LogP contribution in [-0.4, -0.2) is 39.5 Å². The van der Waals surface area contributed by atoms with Crippen LogP contribution in [0, 0.1) is 5.92 Å². The molecule has 3 rings (SSSR count). The summed E-state index contributed by atoms with van der Waals surface area (Å²) in [7, 11) is -3.49. The van der Waals surface area contributed by atoms with Crippen LogP contribution in [0.1, 0.15) is 29.6 Å². The maximum absolute atomic E-state index is 12.3. The molecule has 2 aliphatic rings. The van der Waals surface area contributed by atoms with Gasteiger partial charge in [-0.25, -0.2) is 13.2 Å². The fourth-order valence-electron chi connectivity index (χ4n) is 2.82. The first-order valence-electron chi connectivity index (χ1n) is 7.12. The lowest BCUT2D eigenvalue weighted by atomic mass is 9.99. The quantitative estimate of drug-likeness (QED) is 0.785. The van der Waals surface area contributed by atoms with E-state index in [0.717, 1.165) is 25.5 Å². The molecule has 0 amide bonds. The van der Waals surface area contributed by atoms with E-state index in [1.165, 1.54) is 18.2 Å². The van der Waals surface area contributed by atoms with Gasteiger partial charge in [0.2, 0.25) is 0 Å². The summed E-state index contributed by atoms with van der Waals surface area (Å²) in [6.07, 6.45) is 3.61. The van der Waals surface area contributed by atoms with Gasteiger partial charge in [-0.3, -0.25) is 0 Å². The van der Waals surface area contributed by atoms with Crippen LogP contribution < -0.4 is 0 Å². The number of carbonyl (C=O) groups excluding carboxylic acids is 1. The van der Waals surface area contributed by atoms with Gasteiger partial charge >= 0.3 is 5.97 Å². The molecular formula is C15H17ClO5S. The van der Waals surface area contributed by atoms with E-state index in [1.54, 1.807) is 0 Å². The van der Waals surface area contributed by atoms with Crippen LogP contribution in [0.2, 0.25) is 5.02 Å². The highest BCUT2D eigenvalue weighted by Crippen LogP contribution is 2.49. The van der Waals surface area contributed by atoms with Crippen LogP contribution in [0.4, 0.5) is 0 Å². The summed E-state index contributed by atoms with van der Waals surface area (Å²) in [5.41, 5.74) is -0.228. The first kappa shape index (κ1) is 15.8. The number of esters is 1. The molecule has 7 heteroatoms. The van der Waals surface area contributed by atoms with Gasteiger partial charge in [-0.05, 0) is 37.5 Å². The van der Waals surface area contributed by atoms with Crippen molar-refractivity contribution in [1.82, 2.24) is 0 Å². The van der Waals surface area contributed by atoms with Gasteiger partial charge in [-0.1, -0.05) is 11.6 Å². The van der Waals surface area contributed by atoms with E-state index in [1.807, 2.05) is 0 Å². The lowest BCUT2D eigenvalue weighted by Crippen LogP contribution is -2.29. The van der Waals surface area contributed by atoms with E-state index in [-0.39, 0.29) is 21.4 Å². The molecule has 0 radical (unpaired) electrons. The van der Waals surface area contributed by atoms with Crippen molar-refractivity contribution in [3.63, 3.8) is 0 Å². The van der Waals surface area contributed by atoms with Crippen molar-refractivity contribution in [2.75, 3.05) is 19.5 Å². The first-order valence-corrected chi connectivity index (χ1v) is 9.39. The second kappa shape index (κ2) is 5.51. The van der Waals surface area contributed by atoms with Crippen LogP contribution in [0.5, 0.6) is 0 Å². The van der Waals surface area contributed by atoms with Crippen molar-refractivity contribution in [2.45, 2.75) is 29.8 Å². The Kier molecular flexibility index (Phi) is 3.95. The highest BCUT2D eigenvalue weighted by molar-refractivity contribution is 7.90. The minimum Gasteiger partial charge on any atom is -0.455 e. The summed E-state index contributed by atoms with van der Waals surface area (Å²) in [6.45, 7) is 1.31. The Balaban J connectivity index is 1.81. The molecule has 0 N–H and O–H groups in total. The van der Waals surface area contributed by atoms with E-state index in [4.69, 9.17) is 21.1 Å². The molecule has 1 saturated heterocycles. The number of ether oxygens (including phenoxy) is 2. The zero-order chi connectivity index (χ0) is 16.0. The number of hydrogen-bond acceptors (Lipinski definition) is 5. The summed E-state index contributed by atoms with van der Waals surface area (Å²) >= 11 is 5.89. The largest absolute Gasteiger partial charge is 0.455 e. The van der Waals surface area contributed by atoms with E-state index in [2.05, 4.69) is 0 Å². The Hall–Kier alpha value is -1.11. The summed E-state index contributed by atoms with van der Waals surface area (Å²) in [5, 5.41) is 0.101. The lowest BCUT2D eigenvalue weighted by molar-refractivity contribution is 0.000812. The predicted molar refractivity (Wildman–Crippen MR) is 80.9 cm³/mol. The van der Waals surface area contributed by atoms with Gasteiger partial charge in [0.05, 0.1) is 22.1 Å². The smallest absolute Gasteiger partial charge is 0.338 e. The van der Waals surface area contributed by atoms with Gasteiger partial charge in [0.15, 0.2) is 9.84 Å². The highest BCUT2D eigenvalue weighted by Gasteiger charge is 2.54. The summed E-state index contributed by atoms with van der Waals surface area (Å²) in [5.74, 6) is -0.274. The highest BCUT2D eigenvalue weighted by atomic mass is 35.5. The van der Waals surface area contributed by atoms with Crippen molar-refractivity contribution in [2.24, 2.45) is 5.92 Å². The molecule has 2 fully saturated rings. The Morgan fingerprint density at radius 3 is 2.68 bits per heavy atom. The fourth-order valence-corrected chi connectivity index (χ4v) is 4.13. The summed E-state index contributed by atoms with van der Waals surface area (Å²) in [6, 6.07) is 4.18. The molecule has 120 valence electrons. The molecule has 1 saturated carbocycles. The van der Waals surface area contributed by atoms with E-state index in [0.29, 0.717) is 13.2 Å². The average Bonchev–Trinajstić information content (AvgIpc) is 3.01. The number of rotatable bonds is 4. The third kappa shape index (κ3) is 3.00. The van der Waals surface area contributed by atoms with Crippen molar-refractivity contribution in [3.05, 3.63) is 28.8 Å². The normalized spacial score (nSPS) is 23.3. The van der Waals surface area contributed by atoms with Crippen LogP contribution in [0.25, 0.3) is 0 Å². The van der Waals surface area contributed by atoms with Crippen LogP contribution in [0.3, 0.4) is 0 Å². The van der Waals surface area contributed by atoms with Gasteiger partial charge < -0.3 is 9.47 Å². The third-order valence-corrected chi connectivity index (χ3v) is 5.86. The van der Waals surface area contributed by atoms with E-state index < -0.39 is 21.4 Å². The van der Waals surface area contributed by atoms with Crippen LogP contribution >= 0.6 is 11.6 Å². The van der Waals surface area contributed by atoms with Crippen LogP contribution in [0.15, 0.2) is 23.1 Å². The van der Waals surface area contributed by atoms with Crippen molar-refractivity contribution >= 4 is 27.4 Å². The Labute approximate surface area is 134 Å². The minimum absolute atomic E-state index is 0.0577. The standard InChI is InChI=1S/C15H17ClO5S/c1-22(18,19)13-8-10(2-3-12(13)16)14(17)21-15(5-6-15)11-4-7-20-9-11/h2-3,8,11H,4-7,9H2,1H3. The predicted octanol–water partition coefficient (Wildman–Crippen LogP) is 2.47. The second-order valence-electron chi connectivity index (χ2n) is 5.93. The van der Waals surface area contributed by atoms with Crippen molar-refractivity contribution in [3.8, 4) is 0 Å². The molecule has 1 atom stereocenters. The molecule has 1 aliphatic carbocycles. The molecule has 0 aromatic heterocycles. The summed E-state index contributed by atoms with van der Waals surface area (Å²) < 4.78 is 34.4. The van der Waals surface area contributed by atoms with Gasteiger partial charge in [0.25, 0.3) is 0 Å². The number of sulfone groups is 1. The van der Waals surface area contributed by atoms with E-state index >= 15 is 0 Å². The van der Waals surface area contributed by atoms with Gasteiger partial charge in [-0.2, -0.15) is 0 Å². The maximum atomic E-state index is 12.3. The SMILES string of the molecule is CS(=O)(=O)c1cc(C(=O)OC2(C3CCOC3)CC2)ccc1Cl. The number of carbonyl (C=O) groups is 1. The third-order valence-electron chi connectivity index (χ3n) is 4.28. The molecule has 1 heterocycles.